The second kappa shape index (κ2) is 9.92. The summed E-state index contributed by atoms with van der Waals surface area (Å²) in [5, 5.41) is 9.93. The Balaban J connectivity index is 1.88. The fourth-order valence-corrected chi connectivity index (χ4v) is 4.94. The van der Waals surface area contributed by atoms with Crippen molar-refractivity contribution in [3.05, 3.63) is 87.7 Å². The minimum atomic E-state index is -4.50. The molecule has 0 saturated heterocycles. The number of rotatable bonds is 6. The number of amides is 1. The average Bonchev–Trinajstić information content (AvgIpc) is 3.14. The molecule has 0 bridgehead atoms. The molecule has 1 heterocycles. The highest BCUT2D eigenvalue weighted by Crippen LogP contribution is 2.33. The molecule has 0 aliphatic rings. The third kappa shape index (κ3) is 5.19. The Kier molecular flexibility index (Phi) is 7.04. The first kappa shape index (κ1) is 26.3. The number of fused-ring (bicyclic) bond motifs is 1. The van der Waals surface area contributed by atoms with E-state index in [1.54, 1.807) is 21.6 Å². The summed E-state index contributed by atoms with van der Waals surface area (Å²) in [4.78, 5) is 20.0. The van der Waals surface area contributed by atoms with E-state index < -0.39 is 11.7 Å². The van der Waals surface area contributed by atoms with Gasteiger partial charge in [0.15, 0.2) is 0 Å². The predicted octanol–water partition coefficient (Wildman–Crippen LogP) is 7.04. The maximum atomic E-state index is 13.8. The summed E-state index contributed by atoms with van der Waals surface area (Å²) in [6.07, 6.45) is -3.80. The van der Waals surface area contributed by atoms with Crippen molar-refractivity contribution in [2.45, 2.75) is 53.8 Å². The zero-order chi connectivity index (χ0) is 27.1. The van der Waals surface area contributed by atoms with Crippen LogP contribution < -0.4 is 0 Å². The summed E-state index contributed by atoms with van der Waals surface area (Å²) >= 11 is 0. The molecule has 0 aliphatic heterocycles. The number of phenols is 1. The van der Waals surface area contributed by atoms with Gasteiger partial charge in [0.05, 0.1) is 28.8 Å². The van der Waals surface area contributed by atoms with Gasteiger partial charge in [0, 0.05) is 12.1 Å². The number of nitrogens with zero attached hydrogens (tertiary/aromatic N) is 3. The van der Waals surface area contributed by atoms with Crippen molar-refractivity contribution in [1.29, 1.82) is 0 Å². The lowest BCUT2D eigenvalue weighted by Crippen LogP contribution is -2.33. The van der Waals surface area contributed by atoms with E-state index >= 15 is 0 Å². The lowest BCUT2D eigenvalue weighted by molar-refractivity contribution is -0.137. The van der Waals surface area contributed by atoms with Gasteiger partial charge in [-0.1, -0.05) is 24.6 Å². The SMILES string of the molecule is CCCN(Cc1nc2cc(C(F)(F)F)ccc2n1-c1ccc(O)cc1C)C(=O)c1c(C)cc(C)cc1C. The fourth-order valence-electron chi connectivity index (χ4n) is 4.94. The lowest BCUT2D eigenvalue weighted by atomic mass is 9.98. The minimum Gasteiger partial charge on any atom is -0.508 e. The molecule has 0 fully saturated rings. The monoisotopic (exact) mass is 509 g/mol. The molecule has 0 atom stereocenters. The van der Waals surface area contributed by atoms with Gasteiger partial charge in [-0.3, -0.25) is 9.36 Å². The number of carbonyl (C=O) groups is 1. The topological polar surface area (TPSA) is 58.4 Å². The first-order valence-corrected chi connectivity index (χ1v) is 12.2. The summed E-state index contributed by atoms with van der Waals surface area (Å²) in [6.45, 7) is 10.1. The van der Waals surface area contributed by atoms with Gasteiger partial charge in [-0.15, -0.1) is 0 Å². The molecule has 0 radical (unpaired) electrons. The van der Waals surface area contributed by atoms with Crippen LogP contribution in [-0.2, 0) is 12.7 Å². The number of halogens is 3. The third-order valence-corrected chi connectivity index (χ3v) is 6.48. The minimum absolute atomic E-state index is 0.0830. The summed E-state index contributed by atoms with van der Waals surface area (Å²) in [5.41, 5.74) is 4.72. The van der Waals surface area contributed by atoms with Gasteiger partial charge in [0.1, 0.15) is 11.6 Å². The van der Waals surface area contributed by atoms with Gasteiger partial charge in [0.25, 0.3) is 5.91 Å². The fraction of sp³-hybridized carbons (Fsp3) is 0.310. The summed E-state index contributed by atoms with van der Waals surface area (Å²) < 4.78 is 42.1. The summed E-state index contributed by atoms with van der Waals surface area (Å²) in [6, 6.07) is 12.2. The number of phenolic OH excluding ortho intramolecular Hbond substituents is 1. The van der Waals surface area contributed by atoms with Gasteiger partial charge >= 0.3 is 6.18 Å². The van der Waals surface area contributed by atoms with Crippen molar-refractivity contribution in [3.8, 4) is 11.4 Å². The van der Waals surface area contributed by atoms with Crippen LogP contribution in [0.3, 0.4) is 0 Å². The quantitative estimate of drug-likeness (QED) is 0.303. The van der Waals surface area contributed by atoms with Crippen molar-refractivity contribution in [3.63, 3.8) is 0 Å². The van der Waals surface area contributed by atoms with Gasteiger partial charge in [-0.05, 0) is 87.2 Å². The van der Waals surface area contributed by atoms with Crippen LogP contribution in [0.25, 0.3) is 16.7 Å². The smallest absolute Gasteiger partial charge is 0.416 e. The Bertz CT molecular complexity index is 1470. The molecule has 3 aromatic carbocycles. The first-order valence-electron chi connectivity index (χ1n) is 12.2. The second-order valence-electron chi connectivity index (χ2n) is 9.54. The number of hydrogen-bond donors (Lipinski definition) is 1. The Morgan fingerprint density at radius 3 is 2.24 bits per heavy atom. The van der Waals surface area contributed by atoms with Crippen LogP contribution in [0.4, 0.5) is 13.2 Å². The van der Waals surface area contributed by atoms with Crippen LogP contribution in [-0.4, -0.2) is 32.0 Å². The second-order valence-corrected chi connectivity index (χ2v) is 9.54. The molecular formula is C29H30F3N3O2. The van der Waals surface area contributed by atoms with E-state index in [0.29, 0.717) is 35.6 Å². The van der Waals surface area contributed by atoms with Gasteiger partial charge < -0.3 is 10.0 Å². The van der Waals surface area contributed by atoms with Crippen LogP contribution in [0, 0.1) is 27.7 Å². The molecule has 5 nitrogen and oxygen atoms in total. The standard InChI is InChI=1S/C29H30F3N3O2/c1-6-11-34(28(37)27-19(4)12-17(2)13-20(27)5)16-26-33-23-15-21(29(30,31)32)7-9-25(23)35(26)24-10-8-22(36)14-18(24)3/h7-10,12-15,36H,6,11,16H2,1-5H3. The lowest BCUT2D eigenvalue weighted by Gasteiger charge is -2.25. The number of aryl methyl sites for hydroxylation is 4. The average molecular weight is 510 g/mol. The van der Waals surface area contributed by atoms with E-state index in [9.17, 15) is 23.1 Å². The van der Waals surface area contributed by atoms with Crippen molar-refractivity contribution in [1.82, 2.24) is 14.5 Å². The number of carbonyl (C=O) groups excluding carboxylic acids is 1. The number of imidazole rings is 1. The van der Waals surface area contributed by atoms with Crippen molar-refractivity contribution in [2.24, 2.45) is 0 Å². The molecule has 1 N–H and O–H groups in total. The summed E-state index contributed by atoms with van der Waals surface area (Å²) in [7, 11) is 0. The number of aromatic nitrogens is 2. The Hall–Kier alpha value is -3.81. The van der Waals surface area contributed by atoms with Crippen LogP contribution >= 0.6 is 0 Å². The van der Waals surface area contributed by atoms with Crippen LogP contribution in [0.1, 0.15) is 57.3 Å². The Morgan fingerprint density at radius 1 is 0.973 bits per heavy atom. The largest absolute Gasteiger partial charge is 0.508 e. The molecule has 4 aromatic rings. The number of benzene rings is 3. The van der Waals surface area contributed by atoms with Gasteiger partial charge in [0.2, 0.25) is 0 Å². The Morgan fingerprint density at radius 2 is 1.65 bits per heavy atom. The van der Waals surface area contributed by atoms with Crippen LogP contribution in [0.2, 0.25) is 0 Å². The number of hydrogen-bond acceptors (Lipinski definition) is 3. The van der Waals surface area contributed by atoms with Crippen molar-refractivity contribution < 1.29 is 23.1 Å². The van der Waals surface area contributed by atoms with E-state index in [1.807, 2.05) is 46.8 Å². The first-order chi connectivity index (χ1) is 17.4. The van der Waals surface area contributed by atoms with E-state index in [2.05, 4.69) is 4.98 Å². The summed E-state index contributed by atoms with van der Waals surface area (Å²) in [5.74, 6) is 0.376. The van der Waals surface area contributed by atoms with E-state index in [1.165, 1.54) is 12.1 Å². The highest BCUT2D eigenvalue weighted by molar-refractivity contribution is 5.97. The highest BCUT2D eigenvalue weighted by Gasteiger charge is 2.31. The van der Waals surface area contributed by atoms with E-state index in [4.69, 9.17) is 0 Å². The molecule has 1 amide bonds. The maximum Gasteiger partial charge on any atom is 0.416 e. The third-order valence-electron chi connectivity index (χ3n) is 6.48. The van der Waals surface area contributed by atoms with E-state index in [0.717, 1.165) is 34.4 Å². The molecule has 194 valence electrons. The zero-order valence-electron chi connectivity index (χ0n) is 21.6. The zero-order valence-corrected chi connectivity index (χ0v) is 21.6. The normalized spacial score (nSPS) is 11.8. The van der Waals surface area contributed by atoms with Crippen molar-refractivity contribution in [2.75, 3.05) is 6.54 Å². The number of aromatic hydroxyl groups is 1. The van der Waals surface area contributed by atoms with Crippen LogP contribution in [0.5, 0.6) is 5.75 Å². The molecule has 8 heteroatoms. The van der Waals surface area contributed by atoms with Gasteiger partial charge in [-0.25, -0.2) is 4.98 Å². The Labute approximate surface area is 214 Å². The molecule has 37 heavy (non-hydrogen) atoms. The molecule has 0 spiro atoms. The maximum absolute atomic E-state index is 13.8. The molecular weight excluding hydrogens is 479 g/mol. The highest BCUT2D eigenvalue weighted by atomic mass is 19.4. The molecule has 0 unspecified atom stereocenters. The molecule has 1 aromatic heterocycles. The predicted molar refractivity (Wildman–Crippen MR) is 138 cm³/mol. The molecule has 0 saturated carbocycles. The van der Waals surface area contributed by atoms with Crippen LogP contribution in [0.15, 0.2) is 48.5 Å². The van der Waals surface area contributed by atoms with E-state index in [-0.39, 0.29) is 23.7 Å². The van der Waals surface area contributed by atoms with Gasteiger partial charge in [-0.2, -0.15) is 13.2 Å². The molecule has 0 aliphatic carbocycles. The number of alkyl halides is 3. The molecule has 4 rings (SSSR count). The van der Waals surface area contributed by atoms with Crippen molar-refractivity contribution >= 4 is 16.9 Å².